The van der Waals surface area contributed by atoms with E-state index in [1.54, 1.807) is 0 Å². The van der Waals surface area contributed by atoms with Crippen molar-refractivity contribution in [1.29, 1.82) is 0 Å². The molecular weight excluding hydrogens is 416 g/mol. The van der Waals surface area contributed by atoms with Gasteiger partial charge in [0.15, 0.2) is 6.29 Å². The third-order valence-corrected chi connectivity index (χ3v) is 7.16. The molecule has 1 saturated heterocycles. The third kappa shape index (κ3) is 8.29. The maximum atomic E-state index is 12.8. The van der Waals surface area contributed by atoms with Gasteiger partial charge in [-0.25, -0.2) is 0 Å². The Morgan fingerprint density at radius 2 is 1.61 bits per heavy atom. The van der Waals surface area contributed by atoms with Crippen LogP contribution in [-0.4, -0.2) is 32.1 Å². The van der Waals surface area contributed by atoms with Crippen molar-refractivity contribution in [3.63, 3.8) is 0 Å². The Morgan fingerprint density at radius 1 is 0.939 bits per heavy atom. The average molecular weight is 461 g/mol. The van der Waals surface area contributed by atoms with Gasteiger partial charge in [-0.2, -0.15) is 0 Å². The van der Waals surface area contributed by atoms with Crippen molar-refractivity contribution in [2.24, 2.45) is 23.7 Å². The van der Waals surface area contributed by atoms with E-state index in [-0.39, 0.29) is 24.1 Å². The monoisotopic (exact) mass is 460 g/mol. The molecule has 5 heteroatoms. The van der Waals surface area contributed by atoms with E-state index in [2.05, 4.69) is 20.8 Å². The van der Waals surface area contributed by atoms with Crippen LogP contribution in [0.15, 0.2) is 24.3 Å². The fraction of sp³-hybridized carbons (Fsp3) is 0.750. The maximum Gasteiger partial charge on any atom is 0.314 e. The summed E-state index contributed by atoms with van der Waals surface area (Å²) in [6.45, 7) is 8.91. The summed E-state index contributed by atoms with van der Waals surface area (Å²) < 4.78 is 23.7. The fourth-order valence-electron chi connectivity index (χ4n) is 5.05. The fourth-order valence-corrected chi connectivity index (χ4v) is 5.05. The number of carbonyl (C=O) groups excluding carboxylic acids is 1. The van der Waals surface area contributed by atoms with Gasteiger partial charge in [0.05, 0.1) is 25.7 Å². The molecule has 186 valence electrons. The van der Waals surface area contributed by atoms with Crippen molar-refractivity contribution in [1.82, 2.24) is 0 Å². The lowest BCUT2D eigenvalue weighted by Crippen LogP contribution is -2.41. The van der Waals surface area contributed by atoms with Gasteiger partial charge >= 0.3 is 5.97 Å². The van der Waals surface area contributed by atoms with Gasteiger partial charge < -0.3 is 18.9 Å². The number of hydrogen-bond acceptors (Lipinski definition) is 5. The quantitative estimate of drug-likeness (QED) is 0.195. The predicted molar refractivity (Wildman–Crippen MR) is 130 cm³/mol. The molecule has 3 unspecified atom stereocenters. The lowest BCUT2D eigenvalue weighted by molar-refractivity contribution is -0.232. The molecule has 2 fully saturated rings. The largest absolute Gasteiger partial charge is 0.494 e. The first-order valence-electron chi connectivity index (χ1n) is 13.3. The van der Waals surface area contributed by atoms with Crippen LogP contribution in [-0.2, 0) is 14.3 Å². The molecule has 0 bridgehead atoms. The molecule has 1 saturated carbocycles. The zero-order valence-electron chi connectivity index (χ0n) is 20.9. The predicted octanol–water partition coefficient (Wildman–Crippen LogP) is 6.78. The van der Waals surface area contributed by atoms with Crippen molar-refractivity contribution in [3.8, 4) is 11.5 Å². The van der Waals surface area contributed by atoms with Crippen LogP contribution in [0.5, 0.6) is 11.5 Å². The minimum Gasteiger partial charge on any atom is -0.494 e. The third-order valence-electron chi connectivity index (χ3n) is 7.16. The molecule has 0 radical (unpaired) electrons. The van der Waals surface area contributed by atoms with Crippen molar-refractivity contribution in [3.05, 3.63) is 24.3 Å². The van der Waals surface area contributed by atoms with Gasteiger partial charge in [-0.05, 0) is 62.3 Å². The number of hydrogen-bond donors (Lipinski definition) is 0. The zero-order valence-corrected chi connectivity index (χ0v) is 20.9. The molecule has 5 nitrogen and oxygen atoms in total. The van der Waals surface area contributed by atoms with Gasteiger partial charge in [-0.15, -0.1) is 0 Å². The molecule has 0 amide bonds. The van der Waals surface area contributed by atoms with Crippen LogP contribution in [0.2, 0.25) is 0 Å². The molecule has 0 aromatic heterocycles. The Bertz CT molecular complexity index is 680. The molecule has 2 aliphatic rings. The van der Waals surface area contributed by atoms with E-state index in [4.69, 9.17) is 18.9 Å². The van der Waals surface area contributed by atoms with Gasteiger partial charge in [-0.3, -0.25) is 4.79 Å². The molecule has 3 rings (SSSR count). The van der Waals surface area contributed by atoms with E-state index < -0.39 is 0 Å². The van der Waals surface area contributed by atoms with Crippen LogP contribution in [0.25, 0.3) is 0 Å². The highest BCUT2D eigenvalue weighted by Gasteiger charge is 2.38. The molecule has 1 aromatic rings. The van der Waals surface area contributed by atoms with Crippen molar-refractivity contribution < 1.29 is 23.7 Å². The van der Waals surface area contributed by atoms with E-state index in [0.29, 0.717) is 17.6 Å². The highest BCUT2D eigenvalue weighted by molar-refractivity contribution is 5.75. The number of ether oxygens (including phenoxy) is 4. The summed E-state index contributed by atoms with van der Waals surface area (Å²) in [7, 11) is 0. The standard InChI is InChI=1S/C28H44O5/c1-4-6-8-10-22-19-31-28(32-20-22)23-11-16-26(21(3)18-23)27(29)33-25-14-12-24(13-15-25)30-17-9-7-5-2/h12-15,21-23,26,28H,4-11,16-20H2,1-3H3. The SMILES string of the molecule is CCCCCOc1ccc(OC(=O)C2CCC(C3OCC(CCCCC)CO3)CC2C)cc1. The smallest absolute Gasteiger partial charge is 0.314 e. The molecule has 1 aliphatic heterocycles. The maximum absolute atomic E-state index is 12.8. The highest BCUT2D eigenvalue weighted by Crippen LogP contribution is 2.38. The van der Waals surface area contributed by atoms with Crippen LogP contribution in [0.3, 0.4) is 0 Å². The van der Waals surface area contributed by atoms with Crippen LogP contribution in [0, 0.1) is 23.7 Å². The first-order valence-corrected chi connectivity index (χ1v) is 13.3. The molecule has 1 heterocycles. The summed E-state index contributed by atoms with van der Waals surface area (Å²) in [6, 6.07) is 7.40. The average Bonchev–Trinajstić information content (AvgIpc) is 2.83. The number of unbranched alkanes of at least 4 members (excludes halogenated alkanes) is 4. The van der Waals surface area contributed by atoms with E-state index in [0.717, 1.165) is 51.3 Å². The highest BCUT2D eigenvalue weighted by atomic mass is 16.7. The van der Waals surface area contributed by atoms with Gasteiger partial charge in [0.25, 0.3) is 0 Å². The van der Waals surface area contributed by atoms with Crippen LogP contribution in [0.1, 0.15) is 85.0 Å². The Labute approximate surface area is 200 Å². The topological polar surface area (TPSA) is 54.0 Å². The summed E-state index contributed by atoms with van der Waals surface area (Å²) in [5.41, 5.74) is 0. The Hall–Kier alpha value is -1.59. The number of esters is 1. The Kier molecular flexibility index (Phi) is 11.0. The van der Waals surface area contributed by atoms with Crippen LogP contribution < -0.4 is 9.47 Å². The summed E-state index contributed by atoms with van der Waals surface area (Å²) >= 11 is 0. The normalized spacial score (nSPS) is 27.8. The molecule has 1 aliphatic carbocycles. The molecule has 3 atom stereocenters. The summed E-state index contributed by atoms with van der Waals surface area (Å²) in [5.74, 6) is 2.36. The lowest BCUT2D eigenvalue weighted by atomic mass is 9.74. The van der Waals surface area contributed by atoms with Crippen molar-refractivity contribution >= 4 is 5.97 Å². The van der Waals surface area contributed by atoms with Crippen molar-refractivity contribution in [2.45, 2.75) is 91.3 Å². The van der Waals surface area contributed by atoms with E-state index in [1.165, 1.54) is 38.5 Å². The minimum atomic E-state index is -0.126. The first kappa shape index (κ1) is 26.0. The molecule has 33 heavy (non-hydrogen) atoms. The number of benzene rings is 1. The van der Waals surface area contributed by atoms with Gasteiger partial charge in [-0.1, -0.05) is 52.9 Å². The zero-order chi connectivity index (χ0) is 23.5. The van der Waals surface area contributed by atoms with E-state index >= 15 is 0 Å². The van der Waals surface area contributed by atoms with Crippen molar-refractivity contribution in [2.75, 3.05) is 19.8 Å². The van der Waals surface area contributed by atoms with Crippen LogP contribution >= 0.6 is 0 Å². The Balaban J connectivity index is 1.39. The van der Waals surface area contributed by atoms with Crippen LogP contribution in [0.4, 0.5) is 0 Å². The second kappa shape index (κ2) is 14.0. The van der Waals surface area contributed by atoms with Gasteiger partial charge in [0.2, 0.25) is 0 Å². The molecule has 0 N–H and O–H groups in total. The lowest BCUT2D eigenvalue weighted by Gasteiger charge is -2.39. The second-order valence-electron chi connectivity index (χ2n) is 10.0. The van der Waals surface area contributed by atoms with E-state index in [9.17, 15) is 4.79 Å². The molecular formula is C28H44O5. The summed E-state index contributed by atoms with van der Waals surface area (Å²) in [4.78, 5) is 12.8. The summed E-state index contributed by atoms with van der Waals surface area (Å²) in [5, 5.41) is 0. The molecule has 1 aromatic carbocycles. The van der Waals surface area contributed by atoms with Gasteiger partial charge in [0.1, 0.15) is 11.5 Å². The van der Waals surface area contributed by atoms with E-state index in [1.807, 2.05) is 24.3 Å². The second-order valence-corrected chi connectivity index (χ2v) is 10.0. The molecule has 0 spiro atoms. The summed E-state index contributed by atoms with van der Waals surface area (Å²) in [6.07, 6.45) is 11.0. The number of carbonyl (C=O) groups is 1. The van der Waals surface area contributed by atoms with Gasteiger partial charge in [0, 0.05) is 11.8 Å². The Morgan fingerprint density at radius 3 is 2.27 bits per heavy atom. The minimum absolute atomic E-state index is 0.0726. The first-order chi connectivity index (χ1) is 16.1. The number of rotatable bonds is 12.